The smallest absolute Gasteiger partial charge is 0.318 e. The Morgan fingerprint density at radius 3 is 1.84 bits per heavy atom. The Bertz CT molecular complexity index is 520. The van der Waals surface area contributed by atoms with E-state index in [0.29, 0.717) is 12.1 Å². The molecule has 0 fully saturated rings. The second kappa shape index (κ2) is 6.50. The molecule has 0 atom stereocenters. The molecular formula is C16H15NO2. The van der Waals surface area contributed by atoms with Crippen LogP contribution in [0.15, 0.2) is 65.8 Å². The van der Waals surface area contributed by atoms with Crippen molar-refractivity contribution in [3.63, 3.8) is 0 Å². The number of rotatable bonds is 4. The maximum absolute atomic E-state index is 11.2. The third-order valence-electron chi connectivity index (χ3n) is 2.62. The standard InChI is InChI=1S/C16H15NO2/c1-2-15(18)19-17-16(13-9-5-3-6-10-13)14-11-7-4-8-12-14/h3-12H,2H2,1H3. The molecule has 2 aromatic rings. The van der Waals surface area contributed by atoms with Gasteiger partial charge in [-0.05, 0) is 0 Å². The fraction of sp³-hybridized carbons (Fsp3) is 0.125. The van der Waals surface area contributed by atoms with Crippen LogP contribution in [-0.2, 0) is 9.63 Å². The van der Waals surface area contributed by atoms with E-state index in [9.17, 15) is 4.79 Å². The minimum Gasteiger partial charge on any atom is -0.318 e. The molecule has 0 radical (unpaired) electrons. The van der Waals surface area contributed by atoms with Gasteiger partial charge >= 0.3 is 5.97 Å². The molecule has 0 aliphatic rings. The maximum Gasteiger partial charge on any atom is 0.334 e. The summed E-state index contributed by atoms with van der Waals surface area (Å²) in [7, 11) is 0. The topological polar surface area (TPSA) is 38.7 Å². The zero-order chi connectivity index (χ0) is 13.5. The second-order valence-corrected chi connectivity index (χ2v) is 3.99. The van der Waals surface area contributed by atoms with Crippen molar-refractivity contribution >= 4 is 11.7 Å². The molecule has 0 spiro atoms. The van der Waals surface area contributed by atoms with Crippen LogP contribution in [0.3, 0.4) is 0 Å². The summed E-state index contributed by atoms with van der Waals surface area (Å²) in [6, 6.07) is 19.3. The van der Waals surface area contributed by atoms with Crippen molar-refractivity contribution in [2.45, 2.75) is 13.3 Å². The number of hydrogen-bond donors (Lipinski definition) is 0. The Labute approximate surface area is 112 Å². The predicted octanol–water partition coefficient (Wildman–Crippen LogP) is 3.39. The van der Waals surface area contributed by atoms with Gasteiger partial charge in [-0.1, -0.05) is 72.7 Å². The Kier molecular flexibility index (Phi) is 4.45. The van der Waals surface area contributed by atoms with Gasteiger partial charge in [0.25, 0.3) is 0 Å². The number of carbonyl (C=O) groups is 1. The van der Waals surface area contributed by atoms with Crippen LogP contribution in [0.4, 0.5) is 0 Å². The van der Waals surface area contributed by atoms with E-state index in [1.807, 2.05) is 60.7 Å². The fourth-order valence-electron chi connectivity index (χ4n) is 1.63. The maximum atomic E-state index is 11.2. The van der Waals surface area contributed by atoms with Crippen molar-refractivity contribution in [2.24, 2.45) is 5.16 Å². The summed E-state index contributed by atoms with van der Waals surface area (Å²) in [6.07, 6.45) is 0.306. The first-order valence-corrected chi connectivity index (χ1v) is 6.20. The van der Waals surface area contributed by atoms with Gasteiger partial charge in [-0.25, -0.2) is 4.79 Å². The van der Waals surface area contributed by atoms with Crippen molar-refractivity contribution in [1.29, 1.82) is 0 Å². The van der Waals surface area contributed by atoms with Gasteiger partial charge in [-0.15, -0.1) is 0 Å². The molecule has 2 rings (SSSR count). The molecule has 0 amide bonds. The summed E-state index contributed by atoms with van der Waals surface area (Å²) in [6.45, 7) is 1.74. The van der Waals surface area contributed by atoms with E-state index in [1.165, 1.54) is 0 Å². The molecule has 0 bridgehead atoms. The lowest BCUT2D eigenvalue weighted by Gasteiger charge is -2.06. The fourth-order valence-corrected chi connectivity index (χ4v) is 1.63. The summed E-state index contributed by atoms with van der Waals surface area (Å²) < 4.78 is 0. The Morgan fingerprint density at radius 1 is 0.947 bits per heavy atom. The molecule has 96 valence electrons. The molecule has 0 heterocycles. The van der Waals surface area contributed by atoms with Crippen LogP contribution in [-0.4, -0.2) is 11.7 Å². The number of carbonyl (C=O) groups excluding carboxylic acids is 1. The summed E-state index contributed by atoms with van der Waals surface area (Å²) >= 11 is 0. The molecular weight excluding hydrogens is 238 g/mol. The van der Waals surface area contributed by atoms with E-state index < -0.39 is 0 Å². The van der Waals surface area contributed by atoms with Crippen molar-refractivity contribution < 1.29 is 9.63 Å². The van der Waals surface area contributed by atoms with Crippen LogP contribution >= 0.6 is 0 Å². The van der Waals surface area contributed by atoms with Gasteiger partial charge in [0.2, 0.25) is 0 Å². The zero-order valence-electron chi connectivity index (χ0n) is 10.7. The average molecular weight is 253 g/mol. The van der Waals surface area contributed by atoms with Crippen LogP contribution in [0, 0.1) is 0 Å². The summed E-state index contributed by atoms with van der Waals surface area (Å²) in [5.74, 6) is -0.343. The number of oxime groups is 1. The molecule has 2 aromatic carbocycles. The third-order valence-corrected chi connectivity index (χ3v) is 2.62. The van der Waals surface area contributed by atoms with Gasteiger partial charge in [0.05, 0.1) is 0 Å². The van der Waals surface area contributed by atoms with Crippen molar-refractivity contribution in [3.05, 3.63) is 71.8 Å². The zero-order valence-corrected chi connectivity index (χ0v) is 10.7. The van der Waals surface area contributed by atoms with Gasteiger partial charge in [0, 0.05) is 17.5 Å². The lowest BCUT2D eigenvalue weighted by molar-refractivity contribution is -0.143. The quantitative estimate of drug-likeness (QED) is 0.476. The van der Waals surface area contributed by atoms with Crippen LogP contribution in [0.5, 0.6) is 0 Å². The van der Waals surface area contributed by atoms with E-state index in [0.717, 1.165) is 11.1 Å². The van der Waals surface area contributed by atoms with Crippen molar-refractivity contribution in [2.75, 3.05) is 0 Å². The number of hydrogen-bond acceptors (Lipinski definition) is 3. The molecule has 0 saturated heterocycles. The van der Waals surface area contributed by atoms with E-state index >= 15 is 0 Å². The molecule has 3 heteroatoms. The van der Waals surface area contributed by atoms with E-state index in [1.54, 1.807) is 6.92 Å². The number of benzene rings is 2. The summed E-state index contributed by atoms with van der Waals surface area (Å²) in [4.78, 5) is 16.2. The highest BCUT2D eigenvalue weighted by Crippen LogP contribution is 2.11. The predicted molar refractivity (Wildman–Crippen MR) is 74.9 cm³/mol. The average Bonchev–Trinajstić information content (AvgIpc) is 2.49. The van der Waals surface area contributed by atoms with Crippen LogP contribution in [0.25, 0.3) is 0 Å². The van der Waals surface area contributed by atoms with Crippen molar-refractivity contribution in [1.82, 2.24) is 0 Å². The Hall–Kier alpha value is -2.42. The first kappa shape index (κ1) is 13.0. The van der Waals surface area contributed by atoms with E-state index in [-0.39, 0.29) is 5.97 Å². The molecule has 0 aliphatic carbocycles. The molecule has 0 unspecified atom stereocenters. The SMILES string of the molecule is CCC(=O)ON=C(c1ccccc1)c1ccccc1. The van der Waals surface area contributed by atoms with Gasteiger partial charge in [0.15, 0.2) is 0 Å². The van der Waals surface area contributed by atoms with Crippen LogP contribution < -0.4 is 0 Å². The minimum absolute atomic E-state index is 0.306. The Morgan fingerprint density at radius 2 is 1.42 bits per heavy atom. The minimum atomic E-state index is -0.343. The monoisotopic (exact) mass is 253 g/mol. The number of nitrogens with zero attached hydrogens (tertiary/aromatic N) is 1. The highest BCUT2D eigenvalue weighted by atomic mass is 16.7. The molecule has 0 N–H and O–H groups in total. The van der Waals surface area contributed by atoms with Crippen LogP contribution in [0.2, 0.25) is 0 Å². The Balaban J connectivity index is 2.37. The highest BCUT2D eigenvalue weighted by molar-refractivity contribution is 6.12. The highest BCUT2D eigenvalue weighted by Gasteiger charge is 2.08. The molecule has 19 heavy (non-hydrogen) atoms. The van der Waals surface area contributed by atoms with E-state index in [2.05, 4.69) is 5.16 Å². The van der Waals surface area contributed by atoms with Gasteiger partial charge in [-0.2, -0.15) is 0 Å². The third kappa shape index (κ3) is 3.52. The van der Waals surface area contributed by atoms with Gasteiger partial charge in [-0.3, -0.25) is 0 Å². The lowest BCUT2D eigenvalue weighted by atomic mass is 10.0. The second-order valence-electron chi connectivity index (χ2n) is 3.99. The first-order valence-electron chi connectivity index (χ1n) is 6.20. The van der Waals surface area contributed by atoms with Crippen molar-refractivity contribution in [3.8, 4) is 0 Å². The normalized spacial score (nSPS) is 9.74. The summed E-state index contributed by atoms with van der Waals surface area (Å²) in [5.41, 5.74) is 2.48. The molecule has 0 aromatic heterocycles. The molecule has 0 aliphatic heterocycles. The van der Waals surface area contributed by atoms with E-state index in [4.69, 9.17) is 4.84 Å². The first-order chi connectivity index (χ1) is 9.31. The lowest BCUT2D eigenvalue weighted by Crippen LogP contribution is -2.06. The van der Waals surface area contributed by atoms with Crippen LogP contribution in [0.1, 0.15) is 24.5 Å². The van der Waals surface area contributed by atoms with Gasteiger partial charge in [0.1, 0.15) is 5.71 Å². The summed E-state index contributed by atoms with van der Waals surface area (Å²) in [5, 5.41) is 4.00. The van der Waals surface area contributed by atoms with Gasteiger partial charge < -0.3 is 4.84 Å². The largest absolute Gasteiger partial charge is 0.334 e. The molecule has 3 nitrogen and oxygen atoms in total. The molecule has 0 saturated carbocycles.